The molecule has 2 aromatic carbocycles. The number of hydrogen-bond acceptors (Lipinski definition) is 4. The van der Waals surface area contributed by atoms with Crippen molar-refractivity contribution in [1.82, 2.24) is 14.5 Å². The average Bonchev–Trinajstić information content (AvgIpc) is 3.13. The van der Waals surface area contributed by atoms with Gasteiger partial charge in [-0.1, -0.05) is 30.7 Å². The van der Waals surface area contributed by atoms with E-state index in [-0.39, 0.29) is 22.8 Å². The predicted octanol–water partition coefficient (Wildman–Crippen LogP) is 3.55. The zero-order valence-corrected chi connectivity index (χ0v) is 20.5. The summed E-state index contributed by atoms with van der Waals surface area (Å²) in [5.41, 5.74) is 0. The van der Waals surface area contributed by atoms with Crippen molar-refractivity contribution in [3.05, 3.63) is 41.4 Å². The van der Waals surface area contributed by atoms with Crippen LogP contribution in [0.3, 0.4) is 0 Å². The molecule has 2 amide bonds. The van der Waals surface area contributed by atoms with E-state index in [1.165, 1.54) is 6.07 Å². The van der Waals surface area contributed by atoms with Gasteiger partial charge in [0.2, 0.25) is 21.8 Å². The van der Waals surface area contributed by atoms with E-state index in [1.54, 1.807) is 35.2 Å². The molecule has 178 valence electrons. The first-order valence-electron chi connectivity index (χ1n) is 11.5. The lowest BCUT2D eigenvalue weighted by Gasteiger charge is -2.38. The van der Waals surface area contributed by atoms with Gasteiger partial charge in [0.25, 0.3) is 0 Å². The predicted molar refractivity (Wildman–Crippen MR) is 129 cm³/mol. The van der Waals surface area contributed by atoms with Crippen molar-refractivity contribution in [2.24, 2.45) is 0 Å². The van der Waals surface area contributed by atoms with Crippen LogP contribution in [0, 0.1) is 0 Å². The molecule has 0 aliphatic carbocycles. The molecule has 2 saturated heterocycles. The third kappa shape index (κ3) is 4.88. The largest absolute Gasteiger partial charge is 0.338 e. The van der Waals surface area contributed by atoms with E-state index in [0.717, 1.165) is 30.0 Å². The third-order valence-corrected chi connectivity index (χ3v) is 8.46. The summed E-state index contributed by atoms with van der Waals surface area (Å²) in [5.74, 6) is -0.370. The normalized spacial score (nSPS) is 22.7. The van der Waals surface area contributed by atoms with E-state index in [2.05, 4.69) is 4.72 Å². The molecule has 0 saturated carbocycles. The third-order valence-electron chi connectivity index (χ3n) is 6.76. The average molecular weight is 492 g/mol. The molecule has 2 heterocycles. The van der Waals surface area contributed by atoms with Crippen LogP contribution >= 0.6 is 11.6 Å². The van der Waals surface area contributed by atoms with Crippen LogP contribution < -0.4 is 4.72 Å². The number of carbonyl (C=O) groups excluding carboxylic acids is 2. The van der Waals surface area contributed by atoms with Crippen molar-refractivity contribution < 1.29 is 18.0 Å². The summed E-state index contributed by atoms with van der Waals surface area (Å²) in [6.45, 7) is 5.00. The lowest BCUT2D eigenvalue weighted by atomic mass is 10.0. The molecule has 3 atom stereocenters. The minimum Gasteiger partial charge on any atom is -0.338 e. The van der Waals surface area contributed by atoms with Gasteiger partial charge in [-0.15, -0.1) is 0 Å². The second-order valence-electron chi connectivity index (χ2n) is 8.95. The van der Waals surface area contributed by atoms with Crippen molar-refractivity contribution in [2.45, 2.75) is 69.0 Å². The molecule has 0 spiro atoms. The summed E-state index contributed by atoms with van der Waals surface area (Å²) in [4.78, 5) is 29.9. The number of hydrogen-bond donors (Lipinski definition) is 1. The number of sulfonamides is 1. The highest BCUT2D eigenvalue weighted by atomic mass is 35.5. The van der Waals surface area contributed by atoms with Crippen molar-refractivity contribution in [3.63, 3.8) is 0 Å². The molecule has 9 heteroatoms. The lowest BCUT2D eigenvalue weighted by molar-refractivity contribution is -0.146. The lowest BCUT2D eigenvalue weighted by Crippen LogP contribution is -2.54. The molecule has 2 fully saturated rings. The van der Waals surface area contributed by atoms with Crippen LogP contribution in [0.1, 0.15) is 46.0 Å². The number of piperidine rings is 1. The molecule has 0 aromatic heterocycles. The highest BCUT2D eigenvalue weighted by Gasteiger charge is 2.42. The maximum absolute atomic E-state index is 13.2. The molecule has 0 radical (unpaired) electrons. The van der Waals surface area contributed by atoms with Gasteiger partial charge in [0.15, 0.2) is 0 Å². The number of rotatable bonds is 6. The van der Waals surface area contributed by atoms with E-state index in [0.29, 0.717) is 31.0 Å². The highest BCUT2D eigenvalue weighted by molar-refractivity contribution is 7.89. The minimum absolute atomic E-state index is 0.0326. The summed E-state index contributed by atoms with van der Waals surface area (Å²) >= 11 is 6.01. The molecule has 2 unspecified atom stereocenters. The Balaban J connectivity index is 1.49. The van der Waals surface area contributed by atoms with Crippen LogP contribution in [0.5, 0.6) is 0 Å². The summed E-state index contributed by atoms with van der Waals surface area (Å²) < 4.78 is 28.6. The summed E-state index contributed by atoms with van der Waals surface area (Å²) in [5, 5.41) is 2.15. The van der Waals surface area contributed by atoms with E-state index >= 15 is 0 Å². The van der Waals surface area contributed by atoms with Gasteiger partial charge in [-0.05, 0) is 74.1 Å². The fraction of sp³-hybridized carbons (Fsp3) is 0.500. The second-order valence-corrected chi connectivity index (χ2v) is 11.1. The Bertz CT molecular complexity index is 1170. The maximum Gasteiger partial charge on any atom is 0.245 e. The first-order chi connectivity index (χ1) is 15.7. The number of fused-ring (bicyclic) bond motifs is 1. The Morgan fingerprint density at radius 3 is 2.58 bits per heavy atom. The standard InChI is InChI=1S/C24H30ClN3O4S/c1-3-22(24(30)27-12-5-4-6-16(27)2)28-13-11-21(23(28)29)26-33(31,32)20-10-8-17-14-19(25)9-7-18(17)15-20/h7-10,14-16,21-22,26H,3-6,11-13H2,1-2H3/t16-,21?,22?/m0/s1. The number of likely N-dealkylation sites (tertiary alicyclic amines) is 2. The van der Waals surface area contributed by atoms with Crippen LogP contribution in [0.2, 0.25) is 5.02 Å². The highest BCUT2D eigenvalue weighted by Crippen LogP contribution is 2.26. The molecular weight excluding hydrogens is 462 g/mol. The van der Waals surface area contributed by atoms with Gasteiger partial charge in [0.05, 0.1) is 4.90 Å². The molecule has 2 aliphatic heterocycles. The van der Waals surface area contributed by atoms with Crippen LogP contribution in [0.15, 0.2) is 41.3 Å². The van der Waals surface area contributed by atoms with Crippen LogP contribution in [0.25, 0.3) is 10.8 Å². The fourth-order valence-corrected chi connectivity index (χ4v) is 6.32. The molecule has 0 bridgehead atoms. The molecule has 2 aliphatic rings. The number of nitrogens with one attached hydrogen (secondary N) is 1. The van der Waals surface area contributed by atoms with Gasteiger partial charge in [0.1, 0.15) is 12.1 Å². The van der Waals surface area contributed by atoms with E-state index < -0.39 is 22.1 Å². The number of carbonyl (C=O) groups is 2. The second kappa shape index (κ2) is 9.60. The van der Waals surface area contributed by atoms with Gasteiger partial charge in [-0.3, -0.25) is 9.59 Å². The van der Waals surface area contributed by atoms with E-state index in [1.807, 2.05) is 18.7 Å². The summed E-state index contributed by atoms with van der Waals surface area (Å²) in [6, 6.07) is 8.74. The summed E-state index contributed by atoms with van der Waals surface area (Å²) in [7, 11) is -3.91. The van der Waals surface area contributed by atoms with Crippen molar-refractivity contribution in [1.29, 1.82) is 0 Å². The van der Waals surface area contributed by atoms with Gasteiger partial charge >= 0.3 is 0 Å². The van der Waals surface area contributed by atoms with E-state index in [4.69, 9.17) is 11.6 Å². The first-order valence-corrected chi connectivity index (χ1v) is 13.4. The minimum atomic E-state index is -3.91. The van der Waals surface area contributed by atoms with Crippen LogP contribution in [-0.4, -0.2) is 61.2 Å². The zero-order valence-electron chi connectivity index (χ0n) is 19.0. The van der Waals surface area contributed by atoms with Gasteiger partial charge in [-0.25, -0.2) is 8.42 Å². The Morgan fingerprint density at radius 1 is 1.12 bits per heavy atom. The van der Waals surface area contributed by atoms with Crippen molar-refractivity contribution in [3.8, 4) is 0 Å². The zero-order chi connectivity index (χ0) is 23.8. The van der Waals surface area contributed by atoms with Gasteiger partial charge < -0.3 is 9.80 Å². The monoisotopic (exact) mass is 491 g/mol. The number of nitrogens with zero attached hydrogens (tertiary/aromatic N) is 2. The first kappa shape index (κ1) is 24.0. The van der Waals surface area contributed by atoms with Crippen molar-refractivity contribution >= 4 is 44.2 Å². The Kier molecular flexibility index (Phi) is 6.98. The SMILES string of the molecule is CCC(C(=O)N1CCCC[C@@H]1C)N1CCC(NS(=O)(=O)c2ccc3cc(Cl)ccc3c2)C1=O. The molecule has 7 nitrogen and oxygen atoms in total. The van der Waals surface area contributed by atoms with Crippen LogP contribution in [-0.2, 0) is 19.6 Å². The topological polar surface area (TPSA) is 86.8 Å². The molecule has 2 aromatic rings. The fourth-order valence-electron chi connectivity index (χ4n) is 4.88. The molecule has 33 heavy (non-hydrogen) atoms. The quantitative estimate of drug-likeness (QED) is 0.669. The Morgan fingerprint density at radius 2 is 1.85 bits per heavy atom. The van der Waals surface area contributed by atoms with Crippen molar-refractivity contribution in [2.75, 3.05) is 13.1 Å². The number of benzene rings is 2. The molecule has 1 N–H and O–H groups in total. The van der Waals surface area contributed by atoms with E-state index in [9.17, 15) is 18.0 Å². The maximum atomic E-state index is 13.2. The van der Waals surface area contributed by atoms with Gasteiger partial charge in [0, 0.05) is 24.2 Å². The number of amides is 2. The number of halogens is 1. The summed E-state index contributed by atoms with van der Waals surface area (Å²) in [6.07, 6.45) is 3.88. The Hall–Kier alpha value is -2.16. The molecule has 4 rings (SSSR count). The smallest absolute Gasteiger partial charge is 0.245 e. The van der Waals surface area contributed by atoms with Gasteiger partial charge in [-0.2, -0.15) is 4.72 Å². The van der Waals surface area contributed by atoms with Crippen LogP contribution in [0.4, 0.5) is 0 Å². The Labute approximate surface area is 200 Å². The molecular formula is C24H30ClN3O4S.